The van der Waals surface area contributed by atoms with Gasteiger partial charge in [-0.15, -0.1) is 0 Å². The molecule has 6 heteroatoms. The molecule has 0 spiro atoms. The fraction of sp³-hybridized carbons (Fsp3) is 0.533. The molecule has 0 aliphatic heterocycles. The van der Waals surface area contributed by atoms with Crippen LogP contribution < -0.4 is 10.0 Å². The Hall–Kier alpha value is -1.40. The molecule has 21 heavy (non-hydrogen) atoms. The summed E-state index contributed by atoms with van der Waals surface area (Å²) in [7, 11) is -3.61. The molecule has 1 aromatic carbocycles. The van der Waals surface area contributed by atoms with E-state index in [1.165, 1.54) is 25.0 Å². The Morgan fingerprint density at radius 3 is 2.29 bits per heavy atom. The van der Waals surface area contributed by atoms with Gasteiger partial charge in [0.05, 0.1) is 11.4 Å². The highest BCUT2D eigenvalue weighted by molar-refractivity contribution is 7.89. The van der Waals surface area contributed by atoms with Crippen LogP contribution in [0.4, 0.5) is 0 Å². The van der Waals surface area contributed by atoms with Gasteiger partial charge in [0.2, 0.25) is 15.9 Å². The quantitative estimate of drug-likeness (QED) is 0.814. The van der Waals surface area contributed by atoms with Crippen LogP contribution in [0, 0.1) is 0 Å². The normalized spacial score (nSPS) is 17.1. The van der Waals surface area contributed by atoms with E-state index in [1.54, 1.807) is 18.2 Å². The Kier molecular flexibility index (Phi) is 5.76. The summed E-state index contributed by atoms with van der Waals surface area (Å²) in [5.41, 5.74) is 0. The van der Waals surface area contributed by atoms with E-state index in [-0.39, 0.29) is 23.4 Å². The van der Waals surface area contributed by atoms with E-state index >= 15 is 0 Å². The minimum absolute atomic E-state index is 0.173. The Morgan fingerprint density at radius 1 is 1.05 bits per heavy atom. The molecule has 0 atom stereocenters. The molecule has 2 N–H and O–H groups in total. The topological polar surface area (TPSA) is 75.3 Å². The van der Waals surface area contributed by atoms with Gasteiger partial charge in [0.15, 0.2) is 0 Å². The van der Waals surface area contributed by atoms with Crippen molar-refractivity contribution in [1.29, 1.82) is 0 Å². The molecular weight excluding hydrogens is 288 g/mol. The highest BCUT2D eigenvalue weighted by Gasteiger charge is 2.18. The van der Waals surface area contributed by atoms with Crippen molar-refractivity contribution in [2.45, 2.75) is 49.5 Å². The lowest BCUT2D eigenvalue weighted by Crippen LogP contribution is -2.41. The second-order valence-corrected chi connectivity index (χ2v) is 7.16. The third kappa shape index (κ3) is 5.13. The third-order valence-electron chi connectivity index (χ3n) is 3.70. The summed E-state index contributed by atoms with van der Waals surface area (Å²) in [5.74, 6) is -0.263. The van der Waals surface area contributed by atoms with E-state index < -0.39 is 10.0 Å². The van der Waals surface area contributed by atoms with Crippen molar-refractivity contribution < 1.29 is 13.2 Å². The Bertz CT molecular complexity index is 550. The number of carbonyl (C=O) groups is 1. The highest BCUT2D eigenvalue weighted by atomic mass is 32.2. The smallest absolute Gasteiger partial charge is 0.241 e. The number of sulfonamides is 1. The summed E-state index contributed by atoms with van der Waals surface area (Å²) >= 11 is 0. The van der Waals surface area contributed by atoms with Crippen LogP contribution in [0.25, 0.3) is 0 Å². The Balaban J connectivity index is 1.83. The van der Waals surface area contributed by atoms with Crippen LogP contribution in [0.3, 0.4) is 0 Å². The highest BCUT2D eigenvalue weighted by Crippen LogP contribution is 2.17. The zero-order valence-electron chi connectivity index (χ0n) is 12.0. The predicted molar refractivity (Wildman–Crippen MR) is 81.3 cm³/mol. The van der Waals surface area contributed by atoms with E-state index in [0.717, 1.165) is 25.7 Å². The maximum Gasteiger partial charge on any atom is 0.241 e. The predicted octanol–water partition coefficient (Wildman–Crippen LogP) is 1.80. The van der Waals surface area contributed by atoms with Gasteiger partial charge in [0.25, 0.3) is 0 Å². The summed E-state index contributed by atoms with van der Waals surface area (Å²) in [6.45, 7) is -0.215. The minimum Gasteiger partial charge on any atom is -0.352 e. The van der Waals surface area contributed by atoms with Crippen LogP contribution in [0.15, 0.2) is 35.2 Å². The van der Waals surface area contributed by atoms with Gasteiger partial charge in [-0.2, -0.15) is 0 Å². The molecule has 0 heterocycles. The molecule has 1 saturated carbocycles. The fourth-order valence-corrected chi connectivity index (χ4v) is 3.55. The molecule has 0 aromatic heterocycles. The van der Waals surface area contributed by atoms with E-state index in [4.69, 9.17) is 0 Å². The van der Waals surface area contributed by atoms with Crippen LogP contribution in [-0.2, 0) is 14.8 Å². The Morgan fingerprint density at radius 2 is 1.67 bits per heavy atom. The molecule has 0 radical (unpaired) electrons. The van der Waals surface area contributed by atoms with Gasteiger partial charge in [-0.1, -0.05) is 43.9 Å². The lowest BCUT2D eigenvalue weighted by atomic mass is 10.1. The van der Waals surface area contributed by atoms with Crippen molar-refractivity contribution in [3.8, 4) is 0 Å². The summed E-state index contributed by atoms with van der Waals surface area (Å²) < 4.78 is 26.3. The van der Waals surface area contributed by atoms with Gasteiger partial charge in [-0.25, -0.2) is 13.1 Å². The van der Waals surface area contributed by atoms with Gasteiger partial charge >= 0.3 is 0 Å². The number of carbonyl (C=O) groups excluding carboxylic acids is 1. The molecule has 0 unspecified atom stereocenters. The summed E-state index contributed by atoms with van der Waals surface area (Å²) in [6.07, 6.45) is 6.65. The first-order valence-electron chi connectivity index (χ1n) is 7.42. The lowest BCUT2D eigenvalue weighted by molar-refractivity contribution is -0.120. The molecule has 1 aliphatic rings. The number of benzene rings is 1. The van der Waals surface area contributed by atoms with Crippen LogP contribution in [0.1, 0.15) is 38.5 Å². The van der Waals surface area contributed by atoms with Gasteiger partial charge in [-0.3, -0.25) is 4.79 Å². The number of hydrogen-bond donors (Lipinski definition) is 2. The van der Waals surface area contributed by atoms with Crippen molar-refractivity contribution in [3.63, 3.8) is 0 Å². The van der Waals surface area contributed by atoms with Crippen LogP contribution >= 0.6 is 0 Å². The molecule has 0 saturated heterocycles. The molecule has 116 valence electrons. The van der Waals surface area contributed by atoms with Crippen molar-refractivity contribution in [2.75, 3.05) is 6.54 Å². The van der Waals surface area contributed by atoms with Crippen LogP contribution in [-0.4, -0.2) is 26.9 Å². The minimum atomic E-state index is -3.61. The average Bonchev–Trinajstić information content (AvgIpc) is 2.75. The van der Waals surface area contributed by atoms with Crippen LogP contribution in [0.5, 0.6) is 0 Å². The van der Waals surface area contributed by atoms with E-state index in [2.05, 4.69) is 10.0 Å². The van der Waals surface area contributed by atoms with Crippen molar-refractivity contribution >= 4 is 15.9 Å². The van der Waals surface area contributed by atoms with Gasteiger partial charge in [-0.05, 0) is 25.0 Å². The van der Waals surface area contributed by atoms with Gasteiger partial charge < -0.3 is 5.32 Å². The molecule has 1 amide bonds. The number of hydrogen-bond acceptors (Lipinski definition) is 3. The van der Waals surface area contributed by atoms with Crippen molar-refractivity contribution in [2.24, 2.45) is 0 Å². The van der Waals surface area contributed by atoms with E-state index in [9.17, 15) is 13.2 Å². The largest absolute Gasteiger partial charge is 0.352 e. The zero-order chi connectivity index (χ0) is 15.1. The second-order valence-electron chi connectivity index (χ2n) is 5.39. The molecule has 1 aliphatic carbocycles. The molecule has 5 nitrogen and oxygen atoms in total. The first kappa shape index (κ1) is 16.0. The van der Waals surface area contributed by atoms with Crippen molar-refractivity contribution in [3.05, 3.63) is 30.3 Å². The molecule has 0 bridgehead atoms. The summed E-state index contributed by atoms with van der Waals surface area (Å²) in [5, 5.41) is 2.92. The standard InChI is InChI=1S/C15H22N2O3S/c18-15(17-13-8-4-1-2-5-9-13)12-16-21(19,20)14-10-6-3-7-11-14/h3,6-7,10-11,13,16H,1-2,4-5,8-9,12H2,(H,17,18). The molecule has 1 fully saturated rings. The van der Waals surface area contributed by atoms with Crippen molar-refractivity contribution in [1.82, 2.24) is 10.0 Å². The lowest BCUT2D eigenvalue weighted by Gasteiger charge is -2.16. The first-order chi connectivity index (χ1) is 10.1. The fourth-order valence-electron chi connectivity index (χ4n) is 2.55. The summed E-state index contributed by atoms with van der Waals surface area (Å²) in [4.78, 5) is 12.0. The third-order valence-corrected chi connectivity index (χ3v) is 5.11. The number of amides is 1. The Labute approximate surface area is 126 Å². The average molecular weight is 310 g/mol. The molecular formula is C15H22N2O3S. The SMILES string of the molecule is O=C(CNS(=O)(=O)c1ccccc1)NC1CCCCCC1. The number of rotatable bonds is 5. The maximum absolute atomic E-state index is 12.0. The zero-order valence-corrected chi connectivity index (χ0v) is 12.9. The number of nitrogens with one attached hydrogen (secondary N) is 2. The second kappa shape index (κ2) is 7.56. The summed E-state index contributed by atoms with van der Waals surface area (Å²) in [6, 6.07) is 8.25. The van der Waals surface area contributed by atoms with Gasteiger partial charge in [0.1, 0.15) is 0 Å². The van der Waals surface area contributed by atoms with Crippen LogP contribution in [0.2, 0.25) is 0 Å². The molecule has 1 aromatic rings. The first-order valence-corrected chi connectivity index (χ1v) is 8.90. The van der Waals surface area contributed by atoms with E-state index in [1.807, 2.05) is 0 Å². The van der Waals surface area contributed by atoms with Gasteiger partial charge in [0, 0.05) is 6.04 Å². The monoisotopic (exact) mass is 310 g/mol. The molecule has 2 rings (SSSR count). The van der Waals surface area contributed by atoms with E-state index in [0.29, 0.717) is 0 Å². The maximum atomic E-state index is 12.0.